The van der Waals surface area contributed by atoms with E-state index in [1.165, 1.54) is 4.31 Å². The second kappa shape index (κ2) is 10.1. The van der Waals surface area contributed by atoms with Gasteiger partial charge >= 0.3 is 0 Å². The topological polar surface area (TPSA) is 75.7 Å². The quantitative estimate of drug-likeness (QED) is 0.653. The molecular formula is C21H24Cl2N2O4S. The smallest absolute Gasteiger partial charge is 0.228 e. The van der Waals surface area contributed by atoms with Crippen LogP contribution in [0.15, 0.2) is 42.5 Å². The molecule has 1 N–H and O–H groups in total. The molecule has 1 atom stereocenters. The van der Waals surface area contributed by atoms with Crippen LogP contribution >= 0.6 is 23.2 Å². The number of anilines is 1. The van der Waals surface area contributed by atoms with Crippen LogP contribution in [0.2, 0.25) is 10.0 Å². The van der Waals surface area contributed by atoms with E-state index < -0.39 is 15.9 Å². The Bertz CT molecular complexity index is 994. The Kier molecular flexibility index (Phi) is 7.76. The number of nitrogens with zero attached hydrogens (tertiary/aromatic N) is 1. The molecule has 1 saturated heterocycles. The van der Waals surface area contributed by atoms with Gasteiger partial charge in [0.05, 0.1) is 18.3 Å². The predicted octanol–water partition coefficient (Wildman–Crippen LogP) is 4.32. The second-order valence-electron chi connectivity index (χ2n) is 7.28. The van der Waals surface area contributed by atoms with Crippen molar-refractivity contribution in [2.75, 3.05) is 25.5 Å². The van der Waals surface area contributed by atoms with Crippen LogP contribution in [0.4, 0.5) is 5.69 Å². The number of amides is 1. The van der Waals surface area contributed by atoms with Crippen LogP contribution in [0.25, 0.3) is 0 Å². The van der Waals surface area contributed by atoms with Gasteiger partial charge in [-0.15, -0.1) is 0 Å². The van der Waals surface area contributed by atoms with Crippen molar-refractivity contribution < 1.29 is 17.9 Å². The van der Waals surface area contributed by atoms with E-state index in [1.807, 2.05) is 18.2 Å². The molecule has 0 bridgehead atoms. The molecule has 1 amide bonds. The molecule has 162 valence electrons. The Morgan fingerprint density at radius 1 is 1.20 bits per heavy atom. The molecule has 2 aromatic carbocycles. The SMILES string of the molecule is COCc1cccc(NC(=O)[C@@H]2CCCN(S(=O)(=O)Cc3c(Cl)cccc3Cl)C2)c1. The van der Waals surface area contributed by atoms with Crippen molar-refractivity contribution in [3.05, 3.63) is 63.6 Å². The van der Waals surface area contributed by atoms with Crippen molar-refractivity contribution in [1.29, 1.82) is 0 Å². The lowest BCUT2D eigenvalue weighted by Crippen LogP contribution is -2.44. The highest BCUT2D eigenvalue weighted by molar-refractivity contribution is 7.88. The Balaban J connectivity index is 1.68. The molecule has 1 aliphatic rings. The van der Waals surface area contributed by atoms with E-state index in [-0.39, 0.29) is 18.2 Å². The minimum Gasteiger partial charge on any atom is -0.380 e. The monoisotopic (exact) mass is 470 g/mol. The Labute approximate surface area is 187 Å². The number of benzene rings is 2. The molecule has 2 aromatic rings. The van der Waals surface area contributed by atoms with Crippen LogP contribution in [0.5, 0.6) is 0 Å². The first-order valence-corrected chi connectivity index (χ1v) is 12.0. The summed E-state index contributed by atoms with van der Waals surface area (Å²) in [4.78, 5) is 12.8. The number of nitrogens with one attached hydrogen (secondary N) is 1. The van der Waals surface area contributed by atoms with Crippen LogP contribution < -0.4 is 5.32 Å². The number of carbonyl (C=O) groups excluding carboxylic acids is 1. The fraction of sp³-hybridized carbons (Fsp3) is 0.381. The van der Waals surface area contributed by atoms with E-state index in [4.69, 9.17) is 27.9 Å². The Morgan fingerprint density at radius 2 is 1.90 bits per heavy atom. The third-order valence-corrected chi connectivity index (χ3v) is 7.52. The average molecular weight is 471 g/mol. The van der Waals surface area contributed by atoms with Crippen molar-refractivity contribution in [2.45, 2.75) is 25.2 Å². The van der Waals surface area contributed by atoms with Gasteiger partial charge in [0, 0.05) is 41.5 Å². The highest BCUT2D eigenvalue weighted by atomic mass is 35.5. The summed E-state index contributed by atoms with van der Waals surface area (Å²) in [7, 11) is -2.06. The second-order valence-corrected chi connectivity index (χ2v) is 10.1. The normalized spacial score (nSPS) is 17.6. The summed E-state index contributed by atoms with van der Waals surface area (Å²) in [6.07, 6.45) is 1.24. The van der Waals surface area contributed by atoms with E-state index in [9.17, 15) is 13.2 Å². The number of methoxy groups -OCH3 is 1. The van der Waals surface area contributed by atoms with Gasteiger partial charge in [0.25, 0.3) is 0 Å². The number of ether oxygens (including phenoxy) is 1. The van der Waals surface area contributed by atoms with Crippen LogP contribution in [0.3, 0.4) is 0 Å². The molecule has 1 fully saturated rings. The average Bonchev–Trinajstić information content (AvgIpc) is 2.71. The lowest BCUT2D eigenvalue weighted by atomic mass is 9.98. The molecule has 6 nitrogen and oxygen atoms in total. The molecule has 9 heteroatoms. The number of carbonyl (C=O) groups is 1. The standard InChI is InChI=1S/C21H24Cl2N2O4S/c1-29-13-15-5-2-7-17(11-15)24-21(26)16-6-4-10-25(12-16)30(27,28)14-18-19(22)8-3-9-20(18)23/h2-3,5,7-9,11,16H,4,6,10,12-14H2,1H3,(H,24,26)/t16-/m1/s1. The largest absolute Gasteiger partial charge is 0.380 e. The summed E-state index contributed by atoms with van der Waals surface area (Å²) < 4.78 is 32.4. The first-order chi connectivity index (χ1) is 14.3. The summed E-state index contributed by atoms with van der Waals surface area (Å²) in [5.74, 6) is -0.916. The maximum Gasteiger partial charge on any atom is 0.228 e. The Morgan fingerprint density at radius 3 is 2.60 bits per heavy atom. The van der Waals surface area contributed by atoms with Crippen LogP contribution in [-0.4, -0.2) is 38.8 Å². The fourth-order valence-electron chi connectivity index (χ4n) is 3.50. The van der Waals surface area contributed by atoms with Gasteiger partial charge in [-0.05, 0) is 42.7 Å². The van der Waals surface area contributed by atoms with Gasteiger partial charge in [-0.3, -0.25) is 4.79 Å². The molecule has 0 saturated carbocycles. The van der Waals surface area contributed by atoms with E-state index in [0.717, 1.165) is 5.56 Å². The van der Waals surface area contributed by atoms with Gasteiger partial charge in [0.15, 0.2) is 0 Å². The summed E-state index contributed by atoms with van der Waals surface area (Å²) in [5, 5.41) is 3.52. The fourth-order valence-corrected chi connectivity index (χ4v) is 5.87. The summed E-state index contributed by atoms with van der Waals surface area (Å²) in [5.41, 5.74) is 1.99. The number of hydrogen-bond acceptors (Lipinski definition) is 4. The van der Waals surface area contributed by atoms with Gasteiger partial charge in [-0.2, -0.15) is 0 Å². The van der Waals surface area contributed by atoms with E-state index in [2.05, 4.69) is 5.32 Å². The molecule has 0 radical (unpaired) electrons. The summed E-state index contributed by atoms with van der Waals surface area (Å²) in [6, 6.07) is 12.3. The van der Waals surface area contributed by atoms with Gasteiger partial charge in [0.2, 0.25) is 15.9 Å². The van der Waals surface area contributed by atoms with Gasteiger partial charge in [-0.25, -0.2) is 12.7 Å². The van der Waals surface area contributed by atoms with E-state index >= 15 is 0 Å². The molecule has 0 unspecified atom stereocenters. The van der Waals surface area contributed by atoms with Gasteiger partial charge in [-0.1, -0.05) is 41.4 Å². The molecule has 30 heavy (non-hydrogen) atoms. The summed E-state index contributed by atoms with van der Waals surface area (Å²) >= 11 is 12.3. The minimum absolute atomic E-state index is 0.133. The maximum absolute atomic E-state index is 13.0. The minimum atomic E-state index is -3.67. The Hall–Kier alpha value is -1.64. The number of sulfonamides is 1. The number of hydrogen-bond donors (Lipinski definition) is 1. The highest BCUT2D eigenvalue weighted by Crippen LogP contribution is 2.29. The molecule has 0 aromatic heterocycles. The van der Waals surface area contributed by atoms with Crippen molar-refractivity contribution >= 4 is 44.8 Å². The zero-order valence-electron chi connectivity index (χ0n) is 16.6. The maximum atomic E-state index is 13.0. The third-order valence-electron chi connectivity index (χ3n) is 5.04. The van der Waals surface area contributed by atoms with Crippen molar-refractivity contribution in [1.82, 2.24) is 4.31 Å². The van der Waals surface area contributed by atoms with Crippen molar-refractivity contribution in [2.24, 2.45) is 5.92 Å². The van der Waals surface area contributed by atoms with Crippen LogP contribution in [0.1, 0.15) is 24.0 Å². The lowest BCUT2D eigenvalue weighted by molar-refractivity contribution is -0.120. The van der Waals surface area contributed by atoms with Crippen LogP contribution in [-0.2, 0) is 31.9 Å². The van der Waals surface area contributed by atoms with Crippen LogP contribution in [0, 0.1) is 5.92 Å². The number of piperidine rings is 1. The van der Waals surface area contributed by atoms with Crippen molar-refractivity contribution in [3.8, 4) is 0 Å². The predicted molar refractivity (Wildman–Crippen MR) is 119 cm³/mol. The summed E-state index contributed by atoms with van der Waals surface area (Å²) in [6.45, 7) is 0.954. The molecule has 1 heterocycles. The molecule has 3 rings (SSSR count). The first kappa shape index (κ1) is 23.0. The molecule has 0 spiro atoms. The van der Waals surface area contributed by atoms with E-state index in [0.29, 0.717) is 47.3 Å². The van der Waals surface area contributed by atoms with Crippen molar-refractivity contribution in [3.63, 3.8) is 0 Å². The molecule has 1 aliphatic heterocycles. The zero-order chi connectivity index (χ0) is 21.7. The van der Waals surface area contributed by atoms with Gasteiger partial charge < -0.3 is 10.1 Å². The third kappa shape index (κ3) is 5.74. The molecular weight excluding hydrogens is 447 g/mol. The highest BCUT2D eigenvalue weighted by Gasteiger charge is 2.33. The molecule has 0 aliphatic carbocycles. The number of halogens is 2. The lowest BCUT2D eigenvalue weighted by Gasteiger charge is -2.31. The van der Waals surface area contributed by atoms with Gasteiger partial charge in [0.1, 0.15) is 0 Å². The zero-order valence-corrected chi connectivity index (χ0v) is 18.9. The number of rotatable bonds is 7. The first-order valence-electron chi connectivity index (χ1n) is 9.59. The van der Waals surface area contributed by atoms with E-state index in [1.54, 1.807) is 31.4 Å².